The summed E-state index contributed by atoms with van der Waals surface area (Å²) in [6.45, 7) is 5.39. The van der Waals surface area contributed by atoms with Gasteiger partial charge in [-0.05, 0) is 54.3 Å². The van der Waals surface area contributed by atoms with E-state index in [2.05, 4.69) is 5.32 Å². The third-order valence-electron chi connectivity index (χ3n) is 5.43. The molecule has 3 aromatic rings. The minimum Gasteiger partial charge on any atom is -0.375 e. The van der Waals surface area contributed by atoms with Gasteiger partial charge in [-0.15, -0.1) is 0 Å². The lowest BCUT2D eigenvalue weighted by molar-refractivity contribution is 0.0901. The number of carbonyl (C=O) groups is 1. The maximum Gasteiger partial charge on any atom is 0.251 e. The molecule has 0 aliphatic rings. The molecule has 174 valence electrons. The number of ether oxygens (including phenoxy) is 1. The molecule has 0 heterocycles. The summed E-state index contributed by atoms with van der Waals surface area (Å²) in [4.78, 5) is 12.4. The lowest BCUT2D eigenvalue weighted by atomic mass is 10.1. The Bertz CT molecular complexity index is 1180. The first kappa shape index (κ1) is 24.5. The summed E-state index contributed by atoms with van der Waals surface area (Å²) in [6, 6.07) is 22.5. The van der Waals surface area contributed by atoms with Crippen LogP contribution in [-0.4, -0.2) is 33.7 Å². The third-order valence-corrected chi connectivity index (χ3v) is 6.56. The highest BCUT2D eigenvalue weighted by Crippen LogP contribution is 2.26. The first-order valence-electron chi connectivity index (χ1n) is 10.8. The van der Waals surface area contributed by atoms with Crippen molar-refractivity contribution in [2.75, 3.05) is 23.7 Å². The van der Waals surface area contributed by atoms with Crippen molar-refractivity contribution in [2.24, 2.45) is 0 Å². The van der Waals surface area contributed by atoms with Crippen molar-refractivity contribution in [1.82, 2.24) is 5.32 Å². The molecule has 0 spiro atoms. The van der Waals surface area contributed by atoms with Crippen molar-refractivity contribution >= 4 is 21.6 Å². The van der Waals surface area contributed by atoms with Crippen LogP contribution in [0.15, 0.2) is 72.8 Å². The van der Waals surface area contributed by atoms with E-state index in [-0.39, 0.29) is 12.5 Å². The van der Waals surface area contributed by atoms with E-state index in [1.54, 1.807) is 24.3 Å². The molecule has 0 radical (unpaired) electrons. The summed E-state index contributed by atoms with van der Waals surface area (Å²) in [6.07, 6.45) is 1.20. The number of carbonyl (C=O) groups excluding carboxylic acids is 1. The van der Waals surface area contributed by atoms with Gasteiger partial charge < -0.3 is 10.1 Å². The number of nitrogens with zero attached hydrogens (tertiary/aromatic N) is 1. The molecule has 3 aromatic carbocycles. The van der Waals surface area contributed by atoms with Crippen LogP contribution in [0.25, 0.3) is 0 Å². The van der Waals surface area contributed by atoms with Crippen LogP contribution in [0, 0.1) is 13.8 Å². The van der Waals surface area contributed by atoms with Gasteiger partial charge in [0.05, 0.1) is 31.7 Å². The predicted octanol–water partition coefficient (Wildman–Crippen LogP) is 4.22. The van der Waals surface area contributed by atoms with E-state index < -0.39 is 10.0 Å². The van der Waals surface area contributed by atoms with Crippen molar-refractivity contribution in [3.63, 3.8) is 0 Å². The lowest BCUT2D eigenvalue weighted by Crippen LogP contribution is -2.30. The number of hydrogen-bond donors (Lipinski definition) is 1. The number of rotatable bonds is 10. The zero-order valence-corrected chi connectivity index (χ0v) is 20.1. The number of anilines is 1. The van der Waals surface area contributed by atoms with Crippen LogP contribution in [0.1, 0.15) is 32.6 Å². The minimum absolute atomic E-state index is 0.193. The Labute approximate surface area is 196 Å². The molecule has 0 saturated carbocycles. The van der Waals surface area contributed by atoms with Gasteiger partial charge in [-0.1, -0.05) is 54.6 Å². The summed E-state index contributed by atoms with van der Waals surface area (Å²) in [5.41, 5.74) is 5.01. The normalized spacial score (nSPS) is 11.2. The maximum atomic E-state index is 12.5. The van der Waals surface area contributed by atoms with Gasteiger partial charge in [0, 0.05) is 12.1 Å². The molecule has 6 nitrogen and oxygen atoms in total. The number of nitrogens with one attached hydrogen (secondary N) is 1. The Morgan fingerprint density at radius 1 is 0.909 bits per heavy atom. The topological polar surface area (TPSA) is 75.7 Å². The van der Waals surface area contributed by atoms with Crippen molar-refractivity contribution in [1.29, 1.82) is 0 Å². The monoisotopic (exact) mass is 466 g/mol. The van der Waals surface area contributed by atoms with Crippen molar-refractivity contribution in [2.45, 2.75) is 27.0 Å². The van der Waals surface area contributed by atoms with Gasteiger partial charge in [0.2, 0.25) is 10.0 Å². The fourth-order valence-corrected chi connectivity index (χ4v) is 4.36. The molecule has 0 saturated heterocycles. The van der Waals surface area contributed by atoms with Crippen LogP contribution in [0.2, 0.25) is 0 Å². The summed E-state index contributed by atoms with van der Waals surface area (Å²) in [5.74, 6) is -0.195. The Hall–Kier alpha value is -3.16. The van der Waals surface area contributed by atoms with Gasteiger partial charge in [0.15, 0.2) is 0 Å². The molecule has 0 fully saturated rings. The Morgan fingerprint density at radius 3 is 2.27 bits per heavy atom. The first-order chi connectivity index (χ1) is 15.8. The summed E-state index contributed by atoms with van der Waals surface area (Å²) in [5, 5.41) is 2.84. The van der Waals surface area contributed by atoms with Crippen LogP contribution in [0.5, 0.6) is 0 Å². The zero-order valence-electron chi connectivity index (χ0n) is 19.2. The fraction of sp³-hybridized carbons (Fsp3) is 0.269. The van der Waals surface area contributed by atoms with E-state index in [1.165, 1.54) is 10.6 Å². The Morgan fingerprint density at radius 2 is 1.61 bits per heavy atom. The Balaban J connectivity index is 1.57. The van der Waals surface area contributed by atoms with Gasteiger partial charge >= 0.3 is 0 Å². The SMILES string of the molecule is Cc1cccc(N(Cc2ccc(C(=O)NCCOCc3ccccc3)cc2)S(C)(=O)=O)c1C. The highest BCUT2D eigenvalue weighted by atomic mass is 32.2. The number of aryl methyl sites for hydroxylation is 1. The first-order valence-corrected chi connectivity index (χ1v) is 12.6. The largest absolute Gasteiger partial charge is 0.375 e. The molecule has 0 aliphatic carbocycles. The van der Waals surface area contributed by atoms with Gasteiger partial charge in [-0.25, -0.2) is 8.42 Å². The van der Waals surface area contributed by atoms with Crippen LogP contribution in [0.4, 0.5) is 5.69 Å². The van der Waals surface area contributed by atoms with Crippen molar-refractivity contribution in [3.8, 4) is 0 Å². The van der Waals surface area contributed by atoms with Crippen LogP contribution in [0.3, 0.4) is 0 Å². The average Bonchev–Trinajstić information content (AvgIpc) is 2.79. The van der Waals surface area contributed by atoms with Crippen LogP contribution < -0.4 is 9.62 Å². The maximum absolute atomic E-state index is 12.5. The number of benzene rings is 3. The highest BCUT2D eigenvalue weighted by Gasteiger charge is 2.20. The highest BCUT2D eigenvalue weighted by molar-refractivity contribution is 7.92. The fourth-order valence-electron chi connectivity index (χ4n) is 3.42. The second-order valence-corrected chi connectivity index (χ2v) is 9.89. The van der Waals surface area contributed by atoms with Gasteiger partial charge in [-0.3, -0.25) is 9.10 Å². The second-order valence-electron chi connectivity index (χ2n) is 7.98. The molecule has 0 aliphatic heterocycles. The molecule has 7 heteroatoms. The third kappa shape index (κ3) is 6.91. The van der Waals surface area contributed by atoms with Crippen LogP contribution >= 0.6 is 0 Å². The zero-order chi connectivity index (χ0) is 23.8. The summed E-state index contributed by atoms with van der Waals surface area (Å²) < 4.78 is 32.0. The van der Waals surface area contributed by atoms with Crippen molar-refractivity contribution in [3.05, 3.63) is 101 Å². The number of amides is 1. The van der Waals surface area contributed by atoms with Crippen LogP contribution in [-0.2, 0) is 27.9 Å². The quantitative estimate of drug-likeness (QED) is 0.454. The Kier molecular flexibility index (Phi) is 8.25. The lowest BCUT2D eigenvalue weighted by Gasteiger charge is -2.25. The predicted molar refractivity (Wildman–Crippen MR) is 132 cm³/mol. The molecular weight excluding hydrogens is 436 g/mol. The summed E-state index contributed by atoms with van der Waals surface area (Å²) in [7, 11) is -3.48. The minimum atomic E-state index is -3.48. The van der Waals surface area contributed by atoms with E-state index in [4.69, 9.17) is 4.74 Å². The molecular formula is C26H30N2O4S. The average molecular weight is 467 g/mol. The van der Waals surface area contributed by atoms with E-state index in [1.807, 2.05) is 62.4 Å². The molecule has 1 N–H and O–H groups in total. The van der Waals surface area contributed by atoms with Gasteiger partial charge in [0.1, 0.15) is 0 Å². The standard InChI is InChI=1S/C26H30N2O4S/c1-20-8-7-11-25(21(20)2)28(33(3,30)31)18-22-12-14-24(15-13-22)26(29)27-16-17-32-19-23-9-5-4-6-10-23/h4-15H,16-19H2,1-3H3,(H,27,29). The summed E-state index contributed by atoms with van der Waals surface area (Å²) >= 11 is 0. The second kappa shape index (κ2) is 11.1. The van der Waals surface area contributed by atoms with E-state index >= 15 is 0 Å². The molecule has 33 heavy (non-hydrogen) atoms. The number of sulfonamides is 1. The van der Waals surface area contributed by atoms with Crippen molar-refractivity contribution < 1.29 is 17.9 Å². The van der Waals surface area contributed by atoms with Gasteiger partial charge in [-0.2, -0.15) is 0 Å². The molecule has 0 aromatic heterocycles. The van der Waals surface area contributed by atoms with E-state index in [0.717, 1.165) is 22.3 Å². The van der Waals surface area contributed by atoms with Gasteiger partial charge in [0.25, 0.3) is 5.91 Å². The number of hydrogen-bond acceptors (Lipinski definition) is 4. The van der Waals surface area contributed by atoms with E-state index in [9.17, 15) is 13.2 Å². The molecule has 0 unspecified atom stereocenters. The molecule has 0 atom stereocenters. The molecule has 1 amide bonds. The molecule has 0 bridgehead atoms. The van der Waals surface area contributed by atoms with E-state index in [0.29, 0.717) is 31.0 Å². The smallest absolute Gasteiger partial charge is 0.251 e. The molecule has 3 rings (SSSR count).